The van der Waals surface area contributed by atoms with Crippen LogP contribution in [0.3, 0.4) is 0 Å². The first kappa shape index (κ1) is 30.2. The number of alkyl carbamates (subject to hydrolysis) is 1. The minimum Gasteiger partial charge on any atom is -0.444 e. The topological polar surface area (TPSA) is 136 Å². The number of anilines is 3. The van der Waals surface area contributed by atoms with Gasteiger partial charge in [-0.15, -0.1) is 0 Å². The fourth-order valence-corrected chi connectivity index (χ4v) is 4.44. The van der Waals surface area contributed by atoms with E-state index in [0.717, 1.165) is 29.1 Å². The molecule has 2 amide bonds. The number of pyridine rings is 1. The number of carbonyl (C=O) groups is 2. The van der Waals surface area contributed by atoms with Gasteiger partial charge in [0.15, 0.2) is 11.6 Å². The Kier molecular flexibility index (Phi) is 8.59. The number of hydrogen-bond acceptors (Lipinski definition) is 7. The first-order valence-electron chi connectivity index (χ1n) is 13.2. The van der Waals surface area contributed by atoms with E-state index >= 15 is 4.39 Å². The maximum Gasteiger partial charge on any atom is 0.407 e. The fourth-order valence-electron chi connectivity index (χ4n) is 4.44. The molecule has 0 unspecified atom stereocenters. The number of nitrogens with zero attached hydrogens (tertiary/aromatic N) is 3. The lowest BCUT2D eigenvalue weighted by atomic mass is 10.00. The molecule has 42 heavy (non-hydrogen) atoms. The van der Waals surface area contributed by atoms with E-state index in [4.69, 9.17) is 10.5 Å². The smallest absolute Gasteiger partial charge is 0.407 e. The van der Waals surface area contributed by atoms with Gasteiger partial charge >= 0.3 is 6.09 Å². The van der Waals surface area contributed by atoms with Crippen LogP contribution >= 0.6 is 0 Å². The second-order valence-corrected chi connectivity index (χ2v) is 10.7. The molecule has 0 bridgehead atoms. The Hall–Kier alpha value is -4.81. The molecule has 0 radical (unpaired) electrons. The van der Waals surface area contributed by atoms with Crippen molar-refractivity contribution in [3.63, 3.8) is 0 Å². The summed E-state index contributed by atoms with van der Waals surface area (Å²) in [6.07, 6.45) is 0.853. The predicted octanol–water partition coefficient (Wildman–Crippen LogP) is 5.78. The van der Waals surface area contributed by atoms with Crippen molar-refractivity contribution >= 4 is 40.2 Å². The van der Waals surface area contributed by atoms with E-state index in [1.807, 2.05) is 13.0 Å². The van der Waals surface area contributed by atoms with Crippen molar-refractivity contribution in [2.75, 3.05) is 10.6 Å². The zero-order valence-corrected chi connectivity index (χ0v) is 23.8. The third-order valence-electron chi connectivity index (χ3n) is 6.26. The third kappa shape index (κ3) is 6.90. The number of carbonyl (C=O) groups excluding carboxylic acids is 2. The lowest BCUT2D eigenvalue weighted by molar-refractivity contribution is 0.0503. The van der Waals surface area contributed by atoms with Crippen molar-refractivity contribution in [2.24, 2.45) is 5.73 Å². The van der Waals surface area contributed by atoms with E-state index in [-0.39, 0.29) is 22.8 Å². The van der Waals surface area contributed by atoms with E-state index in [1.165, 1.54) is 0 Å². The number of primary amides is 1. The molecule has 0 fully saturated rings. The summed E-state index contributed by atoms with van der Waals surface area (Å²) < 4.78 is 50.9. The first-order valence-corrected chi connectivity index (χ1v) is 13.2. The molecule has 13 heteroatoms. The van der Waals surface area contributed by atoms with E-state index in [2.05, 4.69) is 26.0 Å². The van der Waals surface area contributed by atoms with Crippen LogP contribution in [-0.2, 0) is 11.3 Å². The van der Waals surface area contributed by atoms with Crippen LogP contribution in [0.1, 0.15) is 56.6 Å². The van der Waals surface area contributed by atoms with Crippen molar-refractivity contribution in [1.82, 2.24) is 20.1 Å². The van der Waals surface area contributed by atoms with Crippen LogP contribution < -0.4 is 21.7 Å². The van der Waals surface area contributed by atoms with Gasteiger partial charge in [-0.1, -0.05) is 6.07 Å². The Bertz CT molecular complexity index is 1610. The maximum absolute atomic E-state index is 15.4. The predicted molar refractivity (Wildman–Crippen MR) is 153 cm³/mol. The lowest BCUT2D eigenvalue weighted by Gasteiger charge is -2.29. The Morgan fingerprint density at radius 1 is 1.07 bits per heavy atom. The molecule has 2 heterocycles. The standard InChI is InChI=1S/C29H32F3N7O3/c1-6-39-23-9-7-8-22(20(23)14-34-39)36-26-19(25(33)40)13-21(32)27(38-26)37-24(16-10-17(30)12-18(31)11-16)15(2)35-28(41)42-29(3,4)5/h7-15,24H,6H2,1-5H3,(H2,33,40)(H,35,41)(H2,36,37,38)/t15-,24-/m0/s1. The van der Waals surface area contributed by atoms with Crippen LogP contribution in [0.4, 0.5) is 35.3 Å². The minimum atomic E-state index is -1.09. The summed E-state index contributed by atoms with van der Waals surface area (Å²) in [4.78, 5) is 29.0. The number of ether oxygens (including phenoxy) is 1. The molecule has 0 saturated heterocycles. The van der Waals surface area contributed by atoms with Gasteiger partial charge < -0.3 is 26.4 Å². The second-order valence-electron chi connectivity index (χ2n) is 10.7. The number of benzene rings is 2. The molecule has 222 valence electrons. The number of halogens is 3. The first-order chi connectivity index (χ1) is 19.8. The summed E-state index contributed by atoms with van der Waals surface area (Å²) in [5.41, 5.74) is 5.90. The van der Waals surface area contributed by atoms with Crippen LogP contribution in [0.15, 0.2) is 48.7 Å². The Morgan fingerprint density at radius 3 is 2.38 bits per heavy atom. The summed E-state index contributed by atoms with van der Waals surface area (Å²) in [7, 11) is 0. The Labute approximate surface area is 240 Å². The SMILES string of the molecule is CCn1ncc2c(Nc3nc(N[C@H](c4cc(F)cc(F)c4)[C@H](C)NC(=O)OC(C)(C)C)c(F)cc3C(N)=O)cccc21. The summed E-state index contributed by atoms with van der Waals surface area (Å²) in [6.45, 7) is 9.15. The molecule has 2 atom stereocenters. The zero-order valence-electron chi connectivity index (χ0n) is 23.8. The number of fused-ring (bicyclic) bond motifs is 1. The molecule has 10 nitrogen and oxygen atoms in total. The molecular weight excluding hydrogens is 551 g/mol. The number of hydrogen-bond donors (Lipinski definition) is 4. The van der Waals surface area contributed by atoms with Crippen LogP contribution in [0.25, 0.3) is 10.9 Å². The van der Waals surface area contributed by atoms with Crippen LogP contribution in [0.5, 0.6) is 0 Å². The van der Waals surface area contributed by atoms with Gasteiger partial charge in [-0.25, -0.2) is 22.9 Å². The third-order valence-corrected chi connectivity index (χ3v) is 6.26. The summed E-state index contributed by atoms with van der Waals surface area (Å²) in [5.74, 6) is -4.08. The van der Waals surface area contributed by atoms with Crippen LogP contribution in [0, 0.1) is 17.5 Å². The van der Waals surface area contributed by atoms with Crippen LogP contribution in [-0.4, -0.2) is 38.4 Å². The van der Waals surface area contributed by atoms with Crippen molar-refractivity contribution in [1.29, 1.82) is 0 Å². The highest BCUT2D eigenvalue weighted by Crippen LogP contribution is 2.31. The van der Waals surface area contributed by atoms with E-state index in [9.17, 15) is 18.4 Å². The summed E-state index contributed by atoms with van der Waals surface area (Å²) in [5, 5.41) is 13.5. The monoisotopic (exact) mass is 583 g/mol. The summed E-state index contributed by atoms with van der Waals surface area (Å²) in [6, 6.07) is 7.11. The van der Waals surface area contributed by atoms with Gasteiger partial charge in [0.05, 0.1) is 35.0 Å². The molecule has 4 aromatic rings. The van der Waals surface area contributed by atoms with Gasteiger partial charge in [0, 0.05) is 18.0 Å². The van der Waals surface area contributed by atoms with E-state index < -0.39 is 47.1 Å². The highest BCUT2D eigenvalue weighted by molar-refractivity contribution is 6.00. The average Bonchev–Trinajstić information content (AvgIpc) is 3.31. The lowest BCUT2D eigenvalue weighted by Crippen LogP contribution is -2.42. The van der Waals surface area contributed by atoms with Crippen molar-refractivity contribution in [2.45, 2.75) is 58.8 Å². The molecule has 0 saturated carbocycles. The average molecular weight is 584 g/mol. The van der Waals surface area contributed by atoms with Crippen molar-refractivity contribution in [3.8, 4) is 0 Å². The number of rotatable bonds is 9. The highest BCUT2D eigenvalue weighted by atomic mass is 19.1. The van der Waals surface area contributed by atoms with E-state index in [1.54, 1.807) is 50.7 Å². The molecule has 0 aliphatic heterocycles. The molecule has 2 aromatic carbocycles. The number of nitrogens with two attached hydrogens (primary N) is 1. The number of amides is 2. The zero-order chi connectivity index (χ0) is 30.8. The molecule has 0 spiro atoms. The Balaban J connectivity index is 1.75. The number of aromatic nitrogens is 3. The molecule has 2 aromatic heterocycles. The second kappa shape index (κ2) is 12.0. The fraction of sp³-hybridized carbons (Fsp3) is 0.310. The van der Waals surface area contributed by atoms with Gasteiger partial charge in [0.1, 0.15) is 23.1 Å². The van der Waals surface area contributed by atoms with Gasteiger partial charge in [0.25, 0.3) is 5.91 Å². The van der Waals surface area contributed by atoms with E-state index in [0.29, 0.717) is 18.3 Å². The Morgan fingerprint density at radius 2 is 1.76 bits per heavy atom. The maximum atomic E-state index is 15.4. The van der Waals surface area contributed by atoms with Crippen molar-refractivity contribution < 1.29 is 27.5 Å². The van der Waals surface area contributed by atoms with Gasteiger partial charge in [-0.2, -0.15) is 5.10 Å². The van der Waals surface area contributed by atoms with Gasteiger partial charge in [-0.05, 0) is 70.5 Å². The highest BCUT2D eigenvalue weighted by Gasteiger charge is 2.27. The quantitative estimate of drug-likeness (QED) is 0.196. The molecule has 5 N–H and O–H groups in total. The minimum absolute atomic E-state index is 0.0579. The molecule has 0 aliphatic rings. The van der Waals surface area contributed by atoms with Crippen molar-refractivity contribution in [3.05, 3.63) is 77.2 Å². The molecule has 4 rings (SSSR count). The van der Waals surface area contributed by atoms with Gasteiger partial charge in [-0.3, -0.25) is 9.48 Å². The normalized spacial score (nSPS) is 13.0. The summed E-state index contributed by atoms with van der Waals surface area (Å²) >= 11 is 0. The largest absolute Gasteiger partial charge is 0.444 e. The number of aryl methyl sites for hydroxylation is 1. The molecular formula is C29H32F3N7O3. The molecule has 0 aliphatic carbocycles. The van der Waals surface area contributed by atoms with Gasteiger partial charge in [0.2, 0.25) is 0 Å². The van der Waals surface area contributed by atoms with Crippen LogP contribution in [0.2, 0.25) is 0 Å². The number of nitrogens with one attached hydrogen (secondary N) is 3.